The molecule has 2 aromatic carbocycles. The van der Waals surface area contributed by atoms with Crippen molar-refractivity contribution in [2.75, 3.05) is 26.8 Å². The van der Waals surface area contributed by atoms with Gasteiger partial charge in [-0.1, -0.05) is 36.4 Å². The Bertz CT molecular complexity index is 2390. The number of ether oxygens (including phenoxy) is 4. The fourth-order valence-corrected chi connectivity index (χ4v) is 9.86. The molecule has 2 fully saturated rings. The summed E-state index contributed by atoms with van der Waals surface area (Å²) in [5.74, 6) is 0.969. The molecule has 2 amide bonds. The van der Waals surface area contributed by atoms with Crippen molar-refractivity contribution < 1.29 is 38.7 Å². The van der Waals surface area contributed by atoms with Crippen LogP contribution in [-0.4, -0.2) is 70.0 Å². The molecule has 6 aliphatic heterocycles. The van der Waals surface area contributed by atoms with Gasteiger partial charge >= 0.3 is 0 Å². The standard InChI is InChI=1S/2C23H25N3O5/c2*1-2-3-14-5-6-17-21-20(15(11-27)16(25-21)10-26(17)23(14)29)22(28)24-9-13-4-7-18-19(8-13)31-12-30-18/h2*2-8,15-16,20-21,25,27H,9-12H2,1H3,(H,24,28)/b3-2+;3-2-/t2*15-,16-,20+,21+/m11/s1. The van der Waals surface area contributed by atoms with E-state index in [2.05, 4.69) is 21.3 Å². The Hall–Kier alpha value is -6.20. The number of allylic oxidation sites excluding steroid dienone is 2. The molecule has 16 nitrogen and oxygen atoms in total. The van der Waals surface area contributed by atoms with Gasteiger partial charge in [0.1, 0.15) is 0 Å². The van der Waals surface area contributed by atoms with Crippen molar-refractivity contribution in [1.82, 2.24) is 30.4 Å². The summed E-state index contributed by atoms with van der Waals surface area (Å²) in [6.45, 7) is 5.46. The lowest BCUT2D eigenvalue weighted by atomic mass is 9.86. The predicted molar refractivity (Wildman–Crippen MR) is 227 cm³/mol. The van der Waals surface area contributed by atoms with E-state index in [1.54, 1.807) is 33.4 Å². The first-order valence-corrected chi connectivity index (χ1v) is 21.0. The minimum Gasteiger partial charge on any atom is -0.454 e. The largest absolute Gasteiger partial charge is 0.454 e. The maximum absolute atomic E-state index is 13.2. The number of benzene rings is 2. The smallest absolute Gasteiger partial charge is 0.258 e. The van der Waals surface area contributed by atoms with Crippen LogP contribution < -0.4 is 51.3 Å². The molecular weight excluding hydrogens is 797 g/mol. The molecule has 16 heteroatoms. The van der Waals surface area contributed by atoms with Crippen LogP contribution in [0.25, 0.3) is 12.2 Å². The summed E-state index contributed by atoms with van der Waals surface area (Å²) in [5, 5.41) is 33.0. The van der Waals surface area contributed by atoms with Gasteiger partial charge in [-0.15, -0.1) is 0 Å². The van der Waals surface area contributed by atoms with E-state index in [1.807, 2.05) is 74.5 Å². The van der Waals surface area contributed by atoms with E-state index in [0.717, 1.165) is 22.5 Å². The van der Waals surface area contributed by atoms with Crippen LogP contribution in [0.15, 0.2) is 82.4 Å². The van der Waals surface area contributed by atoms with Gasteiger partial charge in [0.25, 0.3) is 11.1 Å². The minimum atomic E-state index is -0.468. The summed E-state index contributed by atoms with van der Waals surface area (Å²) in [7, 11) is 0. The van der Waals surface area contributed by atoms with Crippen molar-refractivity contribution in [2.45, 2.75) is 64.2 Å². The number of nitrogens with one attached hydrogen (secondary N) is 4. The summed E-state index contributed by atoms with van der Waals surface area (Å²) in [4.78, 5) is 52.2. The molecule has 2 saturated heterocycles. The molecule has 6 aliphatic rings. The summed E-state index contributed by atoms with van der Waals surface area (Å²) < 4.78 is 24.9. The van der Waals surface area contributed by atoms with E-state index in [-0.39, 0.29) is 85.7 Å². The third-order valence-corrected chi connectivity index (χ3v) is 12.9. The summed E-state index contributed by atoms with van der Waals surface area (Å²) in [6.07, 6.45) is 7.25. The highest BCUT2D eigenvalue weighted by molar-refractivity contribution is 5.81. The second-order valence-electron chi connectivity index (χ2n) is 16.3. The Balaban J connectivity index is 0.000000158. The van der Waals surface area contributed by atoms with Gasteiger partial charge in [0, 0.05) is 85.8 Å². The number of carbonyl (C=O) groups excluding carboxylic acids is 2. The SMILES string of the molecule is C/C=C/c1ccc2n(c1=O)C[C@H]1N[C@@H]2[C@@H](C(=O)NCc2ccc3c(c2)OCO3)[C@@H]1CO.C/C=C\c1ccc2n(c1=O)C[C@H]1N[C@@H]2[C@@H](C(=O)NCc2ccc3c(c2)OCO3)[C@@H]1CO. The molecule has 8 heterocycles. The zero-order chi connectivity index (χ0) is 43.1. The fraction of sp³-hybridized carbons (Fsp3) is 0.391. The summed E-state index contributed by atoms with van der Waals surface area (Å²) in [6, 6.07) is 17.6. The van der Waals surface area contributed by atoms with Crippen molar-refractivity contribution >= 4 is 24.0 Å². The molecule has 0 radical (unpaired) electrons. The monoisotopic (exact) mass is 846 g/mol. The lowest BCUT2D eigenvalue weighted by Crippen LogP contribution is -2.43. The van der Waals surface area contributed by atoms with E-state index < -0.39 is 11.8 Å². The molecule has 6 N–H and O–H groups in total. The van der Waals surface area contributed by atoms with E-state index >= 15 is 0 Å². The third kappa shape index (κ3) is 7.46. The minimum absolute atomic E-state index is 0.0646. The highest BCUT2D eigenvalue weighted by Gasteiger charge is 2.52. The second kappa shape index (κ2) is 17.3. The van der Waals surface area contributed by atoms with Gasteiger partial charge in [-0.05, 0) is 73.5 Å². The number of carbonyl (C=O) groups is 2. The molecule has 8 atom stereocenters. The first-order chi connectivity index (χ1) is 30.2. The molecule has 0 spiro atoms. The molecule has 0 aliphatic carbocycles. The van der Waals surface area contributed by atoms with Crippen molar-refractivity contribution in [3.05, 3.63) is 127 Å². The Morgan fingerprint density at radius 1 is 0.645 bits per heavy atom. The van der Waals surface area contributed by atoms with Crippen LogP contribution in [0.1, 0.15) is 59.6 Å². The topological polar surface area (TPSA) is 204 Å². The van der Waals surface area contributed by atoms with Crippen molar-refractivity contribution in [3.8, 4) is 23.0 Å². The highest BCUT2D eigenvalue weighted by atomic mass is 16.7. The molecule has 0 saturated carbocycles. The second-order valence-corrected chi connectivity index (χ2v) is 16.3. The predicted octanol–water partition coefficient (Wildman–Crippen LogP) is 2.36. The molecular formula is C46H50N6O10. The number of amides is 2. The lowest BCUT2D eigenvalue weighted by molar-refractivity contribution is -0.128. The number of nitrogens with zero attached hydrogens (tertiary/aromatic N) is 2. The van der Waals surface area contributed by atoms with Crippen LogP contribution >= 0.6 is 0 Å². The first-order valence-electron chi connectivity index (χ1n) is 21.0. The number of hydrogen-bond donors (Lipinski definition) is 6. The number of aromatic nitrogens is 2. The Labute approximate surface area is 357 Å². The van der Waals surface area contributed by atoms with Crippen molar-refractivity contribution in [1.29, 1.82) is 0 Å². The van der Waals surface area contributed by atoms with E-state index in [1.165, 1.54) is 0 Å². The van der Waals surface area contributed by atoms with Crippen molar-refractivity contribution in [3.63, 3.8) is 0 Å². The fourth-order valence-electron chi connectivity index (χ4n) is 9.86. The van der Waals surface area contributed by atoms with Crippen LogP contribution in [0.5, 0.6) is 23.0 Å². The Morgan fingerprint density at radius 2 is 1.06 bits per heavy atom. The lowest BCUT2D eigenvalue weighted by Gasteiger charge is -2.28. The maximum atomic E-state index is 13.2. The van der Waals surface area contributed by atoms with Gasteiger partial charge in [0.2, 0.25) is 25.4 Å². The van der Waals surface area contributed by atoms with E-state index in [0.29, 0.717) is 60.3 Å². The van der Waals surface area contributed by atoms with Gasteiger partial charge < -0.3 is 59.6 Å². The number of rotatable bonds is 10. The number of aliphatic hydroxyl groups excluding tert-OH is 2. The average Bonchev–Trinajstić information content (AvgIpc) is 4.08. The van der Waals surface area contributed by atoms with Gasteiger partial charge in [0.05, 0.1) is 23.9 Å². The van der Waals surface area contributed by atoms with Crippen LogP contribution in [0.2, 0.25) is 0 Å². The number of pyridine rings is 2. The van der Waals surface area contributed by atoms with E-state index in [9.17, 15) is 29.4 Å². The zero-order valence-corrected chi connectivity index (χ0v) is 34.4. The molecule has 2 aromatic heterocycles. The normalized spacial score (nSPS) is 25.6. The average molecular weight is 847 g/mol. The molecule has 62 heavy (non-hydrogen) atoms. The maximum Gasteiger partial charge on any atom is 0.258 e. The first kappa shape index (κ1) is 41.2. The van der Waals surface area contributed by atoms with Gasteiger partial charge in [-0.3, -0.25) is 19.2 Å². The van der Waals surface area contributed by atoms with Gasteiger partial charge in [-0.2, -0.15) is 0 Å². The van der Waals surface area contributed by atoms with E-state index in [4.69, 9.17) is 18.9 Å². The highest BCUT2D eigenvalue weighted by Crippen LogP contribution is 2.43. The van der Waals surface area contributed by atoms with Gasteiger partial charge in [0.15, 0.2) is 23.0 Å². The summed E-state index contributed by atoms with van der Waals surface area (Å²) >= 11 is 0. The molecule has 324 valence electrons. The number of hydrogen-bond acceptors (Lipinski definition) is 12. The molecule has 0 unspecified atom stereocenters. The van der Waals surface area contributed by atoms with Crippen LogP contribution in [0, 0.1) is 23.7 Å². The molecule has 4 aromatic rings. The Morgan fingerprint density at radius 3 is 1.47 bits per heavy atom. The van der Waals surface area contributed by atoms with Crippen LogP contribution in [0.4, 0.5) is 0 Å². The van der Waals surface area contributed by atoms with Crippen LogP contribution in [0.3, 0.4) is 0 Å². The van der Waals surface area contributed by atoms with Gasteiger partial charge in [-0.25, -0.2) is 0 Å². The summed E-state index contributed by atoms with van der Waals surface area (Å²) in [5.41, 5.74) is 4.49. The molecule has 10 rings (SSSR count). The van der Waals surface area contributed by atoms with Crippen molar-refractivity contribution in [2.24, 2.45) is 23.7 Å². The quantitative estimate of drug-likeness (QED) is 0.136. The Kier molecular flexibility index (Phi) is 11.5. The van der Waals surface area contributed by atoms with Crippen LogP contribution in [-0.2, 0) is 35.8 Å². The zero-order valence-electron chi connectivity index (χ0n) is 34.4. The molecule has 4 bridgehead atoms. The third-order valence-electron chi connectivity index (χ3n) is 12.9. The number of fused-ring (bicyclic) bond motifs is 10. The number of aliphatic hydroxyl groups is 2.